The van der Waals surface area contributed by atoms with Crippen LogP contribution in [-0.4, -0.2) is 24.2 Å². The van der Waals surface area contributed by atoms with E-state index in [4.69, 9.17) is 13.9 Å². The second-order valence-corrected chi connectivity index (χ2v) is 3.91. The lowest BCUT2D eigenvalue weighted by molar-refractivity contribution is 0.0512. The zero-order valence-corrected chi connectivity index (χ0v) is 11.5. The number of carbonyl (C=O) groups excluding carboxylic acids is 1. The lowest BCUT2D eigenvalue weighted by Gasteiger charge is -2.00. The van der Waals surface area contributed by atoms with Crippen molar-refractivity contribution in [2.24, 2.45) is 0 Å². The van der Waals surface area contributed by atoms with Crippen molar-refractivity contribution < 1.29 is 27.5 Å². The van der Waals surface area contributed by atoms with Gasteiger partial charge >= 0.3 is 11.9 Å². The Bertz CT molecular complexity index is 634. The highest BCUT2D eigenvalue weighted by molar-refractivity contribution is 5.90. The molecule has 112 valence electrons. The van der Waals surface area contributed by atoms with Crippen molar-refractivity contribution >= 4 is 5.97 Å². The van der Waals surface area contributed by atoms with E-state index in [-0.39, 0.29) is 30.7 Å². The highest BCUT2D eigenvalue weighted by atomic mass is 19.1. The van der Waals surface area contributed by atoms with Crippen LogP contribution in [0.15, 0.2) is 22.6 Å². The number of nitrogens with zero attached hydrogens (tertiary/aromatic N) is 1. The second-order valence-electron chi connectivity index (χ2n) is 3.91. The number of rotatable bonds is 5. The van der Waals surface area contributed by atoms with Crippen LogP contribution in [0.2, 0.25) is 0 Å². The standard InChI is InChI=1S/C14H13F2NO4/c1-3-19-13(18)11-14(20-4-2)21-12(17-11)10-8(15)6-5-7-9(10)16/h5-7H,3-4H2,1-2H3. The van der Waals surface area contributed by atoms with E-state index >= 15 is 0 Å². The molecule has 5 nitrogen and oxygen atoms in total. The molecule has 0 amide bonds. The summed E-state index contributed by atoms with van der Waals surface area (Å²) in [5.74, 6) is -3.09. The van der Waals surface area contributed by atoms with E-state index in [1.807, 2.05) is 0 Å². The fraction of sp³-hybridized carbons (Fsp3) is 0.286. The molecule has 0 aliphatic carbocycles. The molecule has 1 aromatic carbocycles. The van der Waals surface area contributed by atoms with E-state index in [9.17, 15) is 13.6 Å². The van der Waals surface area contributed by atoms with Crippen LogP contribution in [-0.2, 0) is 4.74 Å². The van der Waals surface area contributed by atoms with Crippen LogP contribution in [0.25, 0.3) is 11.5 Å². The predicted octanol–water partition coefficient (Wildman–Crippen LogP) is 3.20. The number of esters is 1. The largest absolute Gasteiger partial charge is 0.464 e. The summed E-state index contributed by atoms with van der Waals surface area (Å²) in [5.41, 5.74) is -0.717. The third-order valence-electron chi connectivity index (χ3n) is 2.52. The summed E-state index contributed by atoms with van der Waals surface area (Å²) in [4.78, 5) is 15.5. The highest BCUT2D eigenvalue weighted by Gasteiger charge is 2.26. The van der Waals surface area contributed by atoms with Gasteiger partial charge in [-0.3, -0.25) is 0 Å². The van der Waals surface area contributed by atoms with Crippen molar-refractivity contribution in [3.63, 3.8) is 0 Å². The molecule has 0 bridgehead atoms. The fourth-order valence-corrected chi connectivity index (χ4v) is 1.67. The zero-order chi connectivity index (χ0) is 15.4. The van der Waals surface area contributed by atoms with Gasteiger partial charge in [-0.25, -0.2) is 13.6 Å². The third-order valence-corrected chi connectivity index (χ3v) is 2.52. The van der Waals surface area contributed by atoms with Gasteiger partial charge < -0.3 is 13.9 Å². The summed E-state index contributed by atoms with van der Waals surface area (Å²) >= 11 is 0. The molecular formula is C14H13F2NO4. The van der Waals surface area contributed by atoms with Gasteiger partial charge in [0, 0.05) is 0 Å². The Morgan fingerprint density at radius 1 is 1.24 bits per heavy atom. The quantitative estimate of drug-likeness (QED) is 0.793. The number of oxazole rings is 1. The summed E-state index contributed by atoms with van der Waals surface area (Å²) in [6.07, 6.45) is 0. The van der Waals surface area contributed by atoms with Gasteiger partial charge in [0.25, 0.3) is 0 Å². The Labute approximate surface area is 119 Å². The average molecular weight is 297 g/mol. The first kappa shape index (κ1) is 15.0. The van der Waals surface area contributed by atoms with Crippen molar-refractivity contribution in [1.82, 2.24) is 4.98 Å². The molecule has 0 fully saturated rings. The number of hydrogen-bond donors (Lipinski definition) is 0. The van der Waals surface area contributed by atoms with Gasteiger partial charge in [-0.05, 0) is 26.0 Å². The van der Waals surface area contributed by atoms with Gasteiger partial charge in [-0.2, -0.15) is 4.98 Å². The maximum absolute atomic E-state index is 13.7. The normalized spacial score (nSPS) is 10.5. The Balaban J connectivity index is 2.51. The van der Waals surface area contributed by atoms with Crippen molar-refractivity contribution in [2.45, 2.75) is 13.8 Å². The van der Waals surface area contributed by atoms with Gasteiger partial charge in [0.05, 0.1) is 13.2 Å². The molecule has 0 N–H and O–H groups in total. The minimum Gasteiger partial charge on any atom is -0.464 e. The molecule has 0 radical (unpaired) electrons. The summed E-state index contributed by atoms with van der Waals surface area (Å²) in [7, 11) is 0. The minimum absolute atomic E-state index is 0.126. The van der Waals surface area contributed by atoms with Crippen LogP contribution in [0.4, 0.5) is 8.78 Å². The molecule has 0 unspecified atom stereocenters. The molecule has 0 atom stereocenters. The Morgan fingerprint density at radius 2 is 1.90 bits per heavy atom. The van der Waals surface area contributed by atoms with E-state index in [1.165, 1.54) is 6.07 Å². The Morgan fingerprint density at radius 3 is 2.48 bits per heavy atom. The summed E-state index contributed by atoms with van der Waals surface area (Å²) in [6.45, 7) is 3.61. The number of hydrogen-bond acceptors (Lipinski definition) is 5. The molecule has 0 aliphatic heterocycles. The lowest BCUT2D eigenvalue weighted by atomic mass is 10.2. The van der Waals surface area contributed by atoms with Crippen LogP contribution in [0.5, 0.6) is 5.95 Å². The smallest absolute Gasteiger partial charge is 0.364 e. The fourth-order valence-electron chi connectivity index (χ4n) is 1.67. The predicted molar refractivity (Wildman–Crippen MR) is 69.0 cm³/mol. The number of ether oxygens (including phenoxy) is 2. The number of halogens is 2. The van der Waals surface area contributed by atoms with Gasteiger partial charge in [-0.1, -0.05) is 6.07 Å². The Kier molecular flexibility index (Phi) is 4.52. The molecule has 0 saturated carbocycles. The summed E-state index contributed by atoms with van der Waals surface area (Å²) in [6, 6.07) is 3.34. The topological polar surface area (TPSA) is 61.6 Å². The molecule has 0 spiro atoms. The highest BCUT2D eigenvalue weighted by Crippen LogP contribution is 2.31. The molecule has 1 heterocycles. The van der Waals surface area contributed by atoms with E-state index in [0.29, 0.717) is 0 Å². The van der Waals surface area contributed by atoms with Crippen LogP contribution in [0.1, 0.15) is 24.3 Å². The first-order valence-electron chi connectivity index (χ1n) is 6.33. The van der Waals surface area contributed by atoms with Crippen LogP contribution >= 0.6 is 0 Å². The van der Waals surface area contributed by atoms with Gasteiger partial charge in [0.2, 0.25) is 11.6 Å². The van der Waals surface area contributed by atoms with E-state index in [0.717, 1.165) is 12.1 Å². The van der Waals surface area contributed by atoms with Crippen molar-refractivity contribution in [3.05, 3.63) is 35.5 Å². The van der Waals surface area contributed by atoms with E-state index < -0.39 is 23.2 Å². The molecule has 2 rings (SSSR count). The van der Waals surface area contributed by atoms with Gasteiger partial charge in [0.15, 0.2) is 0 Å². The van der Waals surface area contributed by atoms with E-state index in [1.54, 1.807) is 13.8 Å². The van der Waals surface area contributed by atoms with Crippen molar-refractivity contribution in [1.29, 1.82) is 0 Å². The van der Waals surface area contributed by atoms with Crippen molar-refractivity contribution in [2.75, 3.05) is 13.2 Å². The SMILES string of the molecule is CCOC(=O)c1nc(-c2c(F)cccc2F)oc1OCC. The third kappa shape index (κ3) is 3.01. The first-order valence-corrected chi connectivity index (χ1v) is 6.33. The maximum atomic E-state index is 13.7. The molecule has 1 aromatic heterocycles. The van der Waals surface area contributed by atoms with Crippen LogP contribution < -0.4 is 4.74 Å². The summed E-state index contributed by atoms with van der Waals surface area (Å²) in [5, 5.41) is 0. The van der Waals surface area contributed by atoms with Gasteiger partial charge in [0.1, 0.15) is 17.2 Å². The lowest BCUT2D eigenvalue weighted by Crippen LogP contribution is -2.07. The Hall–Kier alpha value is -2.44. The minimum atomic E-state index is -0.852. The van der Waals surface area contributed by atoms with Crippen LogP contribution in [0.3, 0.4) is 0 Å². The van der Waals surface area contributed by atoms with E-state index in [2.05, 4.69) is 4.98 Å². The van der Waals surface area contributed by atoms with Crippen LogP contribution in [0, 0.1) is 11.6 Å². The summed E-state index contributed by atoms with van der Waals surface area (Å²) < 4.78 is 42.5. The molecule has 7 heteroatoms. The molecular weight excluding hydrogens is 284 g/mol. The zero-order valence-electron chi connectivity index (χ0n) is 11.5. The van der Waals surface area contributed by atoms with Gasteiger partial charge in [-0.15, -0.1) is 0 Å². The number of benzene rings is 1. The molecule has 0 saturated heterocycles. The molecule has 0 aliphatic rings. The maximum Gasteiger partial charge on any atom is 0.364 e. The monoisotopic (exact) mass is 297 g/mol. The second kappa shape index (κ2) is 6.34. The molecule has 2 aromatic rings. The number of carbonyl (C=O) groups is 1. The number of aromatic nitrogens is 1. The van der Waals surface area contributed by atoms with Crippen molar-refractivity contribution in [3.8, 4) is 17.4 Å². The average Bonchev–Trinajstić information content (AvgIpc) is 2.83. The molecule has 21 heavy (non-hydrogen) atoms. The first-order chi connectivity index (χ1) is 10.1.